The number of hydrogen-bond donors (Lipinski definition) is 1. The fourth-order valence-electron chi connectivity index (χ4n) is 2.34. The van der Waals surface area contributed by atoms with E-state index < -0.39 is 0 Å². The first-order chi connectivity index (χ1) is 8.13. The van der Waals surface area contributed by atoms with Crippen molar-refractivity contribution < 1.29 is 9.59 Å². The van der Waals surface area contributed by atoms with Crippen molar-refractivity contribution >= 4 is 11.7 Å². The highest BCUT2D eigenvalue weighted by Gasteiger charge is 2.24. The van der Waals surface area contributed by atoms with Crippen molar-refractivity contribution in [3.8, 4) is 0 Å². The van der Waals surface area contributed by atoms with E-state index in [9.17, 15) is 9.59 Å². The summed E-state index contributed by atoms with van der Waals surface area (Å²) in [5.41, 5.74) is 0. The zero-order chi connectivity index (χ0) is 12.7. The molecule has 1 fully saturated rings. The Bertz CT molecular complexity index is 266. The van der Waals surface area contributed by atoms with E-state index in [4.69, 9.17) is 0 Å². The van der Waals surface area contributed by atoms with E-state index in [1.165, 1.54) is 6.42 Å². The molecule has 98 valence electrons. The lowest BCUT2D eigenvalue weighted by atomic mass is 9.98. The van der Waals surface area contributed by atoms with Crippen LogP contribution in [0.2, 0.25) is 0 Å². The van der Waals surface area contributed by atoms with Gasteiger partial charge in [-0.25, -0.2) is 0 Å². The van der Waals surface area contributed by atoms with Gasteiger partial charge in [0, 0.05) is 19.0 Å². The molecule has 4 nitrogen and oxygen atoms in total. The van der Waals surface area contributed by atoms with Crippen LogP contribution in [0.15, 0.2) is 0 Å². The molecule has 4 heteroatoms. The summed E-state index contributed by atoms with van der Waals surface area (Å²) in [5, 5.41) is 2.89. The van der Waals surface area contributed by atoms with Gasteiger partial charge in [0.1, 0.15) is 5.78 Å². The number of carbonyl (C=O) groups is 2. The van der Waals surface area contributed by atoms with Crippen LogP contribution >= 0.6 is 0 Å². The predicted molar refractivity (Wildman–Crippen MR) is 67.8 cm³/mol. The summed E-state index contributed by atoms with van der Waals surface area (Å²) in [6, 6.07) is 0.272. The number of nitrogens with zero attached hydrogens (tertiary/aromatic N) is 1. The summed E-state index contributed by atoms with van der Waals surface area (Å²) in [4.78, 5) is 25.0. The lowest BCUT2D eigenvalue weighted by molar-refractivity contribution is -0.125. The standard InChI is InChI=1S/C13H24N2O2/c1-3-7-14-13(17)10-15-8-5-4-6-12(15)9-11(2)16/h12H,3-10H2,1-2H3,(H,14,17). The van der Waals surface area contributed by atoms with Crippen LogP contribution in [0.1, 0.15) is 46.0 Å². The zero-order valence-electron chi connectivity index (χ0n) is 11.0. The lowest BCUT2D eigenvalue weighted by Crippen LogP contribution is -2.46. The second kappa shape index (κ2) is 7.43. The summed E-state index contributed by atoms with van der Waals surface area (Å²) in [6.45, 7) is 5.79. The van der Waals surface area contributed by atoms with Crippen LogP contribution in [-0.2, 0) is 9.59 Å². The molecule has 1 unspecified atom stereocenters. The van der Waals surface area contributed by atoms with Crippen LogP contribution < -0.4 is 5.32 Å². The van der Waals surface area contributed by atoms with Gasteiger partial charge in [-0.3, -0.25) is 14.5 Å². The molecular weight excluding hydrogens is 216 g/mol. The minimum atomic E-state index is 0.0855. The lowest BCUT2D eigenvalue weighted by Gasteiger charge is -2.34. The molecule has 1 atom stereocenters. The van der Waals surface area contributed by atoms with Gasteiger partial charge < -0.3 is 5.32 Å². The van der Waals surface area contributed by atoms with E-state index in [1.54, 1.807) is 6.92 Å². The maximum absolute atomic E-state index is 11.7. The van der Waals surface area contributed by atoms with E-state index in [1.807, 2.05) is 6.92 Å². The molecule has 0 aromatic heterocycles. The fraction of sp³-hybridized carbons (Fsp3) is 0.846. The molecule has 0 radical (unpaired) electrons. The summed E-state index contributed by atoms with van der Waals surface area (Å²) in [6.07, 6.45) is 4.89. The second-order valence-corrected chi connectivity index (χ2v) is 4.88. The third-order valence-electron chi connectivity index (χ3n) is 3.19. The smallest absolute Gasteiger partial charge is 0.234 e. The van der Waals surface area contributed by atoms with Gasteiger partial charge >= 0.3 is 0 Å². The van der Waals surface area contributed by atoms with Crippen LogP contribution in [0.25, 0.3) is 0 Å². The molecule has 1 N–H and O–H groups in total. The molecule has 1 saturated heterocycles. The van der Waals surface area contributed by atoms with Crippen LogP contribution in [0.5, 0.6) is 0 Å². The van der Waals surface area contributed by atoms with Gasteiger partial charge in [-0.1, -0.05) is 13.3 Å². The Balaban J connectivity index is 2.41. The van der Waals surface area contributed by atoms with Crippen LogP contribution in [0, 0.1) is 0 Å². The van der Waals surface area contributed by atoms with Gasteiger partial charge in [-0.05, 0) is 32.7 Å². The predicted octanol–water partition coefficient (Wildman–Crippen LogP) is 1.35. The summed E-state index contributed by atoms with van der Waals surface area (Å²) < 4.78 is 0. The average molecular weight is 240 g/mol. The molecule has 1 amide bonds. The first-order valence-corrected chi connectivity index (χ1v) is 6.63. The van der Waals surface area contributed by atoms with Crippen molar-refractivity contribution in [3.63, 3.8) is 0 Å². The first kappa shape index (κ1) is 14.2. The molecule has 0 aliphatic carbocycles. The Kier molecular flexibility index (Phi) is 6.19. The van der Waals surface area contributed by atoms with Gasteiger partial charge in [0.2, 0.25) is 5.91 Å². The van der Waals surface area contributed by atoms with Gasteiger partial charge in [-0.15, -0.1) is 0 Å². The largest absolute Gasteiger partial charge is 0.355 e. The summed E-state index contributed by atoms with van der Waals surface area (Å²) >= 11 is 0. The second-order valence-electron chi connectivity index (χ2n) is 4.88. The molecular formula is C13H24N2O2. The SMILES string of the molecule is CCCNC(=O)CN1CCCCC1CC(C)=O. The van der Waals surface area contributed by atoms with E-state index in [-0.39, 0.29) is 17.7 Å². The number of rotatable bonds is 6. The number of likely N-dealkylation sites (tertiary alicyclic amines) is 1. The Morgan fingerprint density at radius 1 is 1.35 bits per heavy atom. The average Bonchev–Trinajstić information content (AvgIpc) is 2.28. The minimum Gasteiger partial charge on any atom is -0.355 e. The van der Waals surface area contributed by atoms with Gasteiger partial charge in [0.15, 0.2) is 0 Å². The Morgan fingerprint density at radius 2 is 2.12 bits per heavy atom. The number of piperidine rings is 1. The fourth-order valence-corrected chi connectivity index (χ4v) is 2.34. The Morgan fingerprint density at radius 3 is 2.76 bits per heavy atom. The number of amides is 1. The van der Waals surface area contributed by atoms with Crippen molar-refractivity contribution in [1.29, 1.82) is 0 Å². The number of ketones is 1. The van der Waals surface area contributed by atoms with Gasteiger partial charge in [-0.2, -0.15) is 0 Å². The van der Waals surface area contributed by atoms with Crippen molar-refractivity contribution in [1.82, 2.24) is 10.2 Å². The summed E-state index contributed by atoms with van der Waals surface area (Å²) in [5.74, 6) is 0.304. The number of carbonyl (C=O) groups excluding carboxylic acids is 2. The Hall–Kier alpha value is -0.900. The highest BCUT2D eigenvalue weighted by atomic mass is 16.2. The van der Waals surface area contributed by atoms with Crippen molar-refractivity contribution in [2.75, 3.05) is 19.6 Å². The molecule has 1 rings (SSSR count). The van der Waals surface area contributed by atoms with E-state index in [0.29, 0.717) is 13.0 Å². The third kappa shape index (κ3) is 5.31. The van der Waals surface area contributed by atoms with Crippen molar-refractivity contribution in [2.24, 2.45) is 0 Å². The maximum atomic E-state index is 11.7. The topological polar surface area (TPSA) is 49.4 Å². The number of Topliss-reactive ketones (excluding diaryl/α,β-unsaturated/α-hetero) is 1. The molecule has 0 saturated carbocycles. The zero-order valence-corrected chi connectivity index (χ0v) is 11.0. The highest BCUT2D eigenvalue weighted by Crippen LogP contribution is 2.19. The number of nitrogens with one attached hydrogen (secondary N) is 1. The van der Waals surface area contributed by atoms with Crippen molar-refractivity contribution in [3.05, 3.63) is 0 Å². The monoisotopic (exact) mass is 240 g/mol. The normalized spacial score (nSPS) is 21.2. The van der Waals surface area contributed by atoms with Crippen LogP contribution in [0.4, 0.5) is 0 Å². The third-order valence-corrected chi connectivity index (χ3v) is 3.19. The van der Waals surface area contributed by atoms with Gasteiger partial charge in [0.25, 0.3) is 0 Å². The quantitative estimate of drug-likeness (QED) is 0.762. The van der Waals surface area contributed by atoms with Crippen LogP contribution in [-0.4, -0.2) is 42.3 Å². The molecule has 0 bridgehead atoms. The molecule has 1 aliphatic rings. The van der Waals surface area contributed by atoms with Crippen molar-refractivity contribution in [2.45, 2.75) is 52.0 Å². The summed E-state index contributed by atoms with van der Waals surface area (Å²) in [7, 11) is 0. The first-order valence-electron chi connectivity index (χ1n) is 6.63. The highest BCUT2D eigenvalue weighted by molar-refractivity contribution is 5.78. The van der Waals surface area contributed by atoms with Gasteiger partial charge in [0.05, 0.1) is 6.54 Å². The number of hydrogen-bond acceptors (Lipinski definition) is 3. The molecule has 1 aliphatic heterocycles. The van der Waals surface area contributed by atoms with E-state index in [0.717, 1.165) is 32.4 Å². The molecule has 0 spiro atoms. The maximum Gasteiger partial charge on any atom is 0.234 e. The molecule has 1 heterocycles. The van der Waals surface area contributed by atoms with E-state index >= 15 is 0 Å². The molecule has 0 aromatic carbocycles. The molecule has 17 heavy (non-hydrogen) atoms. The van der Waals surface area contributed by atoms with Crippen LogP contribution in [0.3, 0.4) is 0 Å². The Labute approximate surface area is 104 Å². The van der Waals surface area contributed by atoms with E-state index in [2.05, 4.69) is 10.2 Å². The molecule has 0 aromatic rings. The minimum absolute atomic E-state index is 0.0855.